The molecule has 3 rings (SSSR count). The summed E-state index contributed by atoms with van der Waals surface area (Å²) < 4.78 is 2.95. The first-order valence-electron chi connectivity index (χ1n) is 10.2. The van der Waals surface area contributed by atoms with Gasteiger partial charge in [0.1, 0.15) is 0 Å². The SMILES string of the molecule is CN(C(=O)Cc1cc(Cl)c(Cl)cc1NSSC(=O)O)[C@H](CN1CCCC1)c1ccccc1.Cl. The number of benzene rings is 2. The molecule has 0 aromatic heterocycles. The minimum absolute atomic E-state index is 0. The summed E-state index contributed by atoms with van der Waals surface area (Å²) in [6, 6.07) is 13.2. The van der Waals surface area contributed by atoms with Crippen LogP contribution in [0.25, 0.3) is 0 Å². The number of hydrogen-bond donors (Lipinski definition) is 2. The lowest BCUT2D eigenvalue weighted by Crippen LogP contribution is -2.39. The molecule has 0 unspecified atom stereocenters. The van der Waals surface area contributed by atoms with Crippen LogP contribution in [0.3, 0.4) is 0 Å². The van der Waals surface area contributed by atoms with Gasteiger partial charge in [0.15, 0.2) is 0 Å². The lowest BCUT2D eigenvalue weighted by Gasteiger charge is -2.32. The molecule has 1 aliphatic rings. The van der Waals surface area contributed by atoms with Crippen molar-refractivity contribution < 1.29 is 14.7 Å². The maximum Gasteiger partial charge on any atom is 0.377 e. The van der Waals surface area contributed by atoms with Crippen molar-refractivity contribution in [3.63, 3.8) is 0 Å². The Morgan fingerprint density at radius 2 is 1.79 bits per heavy atom. The van der Waals surface area contributed by atoms with Crippen LogP contribution in [-0.2, 0) is 11.2 Å². The fourth-order valence-corrected chi connectivity index (χ4v) is 5.08. The number of rotatable bonds is 9. The molecule has 33 heavy (non-hydrogen) atoms. The smallest absolute Gasteiger partial charge is 0.377 e. The molecule has 0 radical (unpaired) electrons. The largest absolute Gasteiger partial charge is 0.472 e. The molecular weight excluding hydrogens is 525 g/mol. The van der Waals surface area contributed by atoms with Gasteiger partial charge >= 0.3 is 5.30 Å². The van der Waals surface area contributed by atoms with E-state index in [0.29, 0.717) is 32.1 Å². The zero-order valence-corrected chi connectivity index (χ0v) is 22.0. The molecule has 1 aliphatic heterocycles. The second-order valence-corrected chi connectivity index (χ2v) is 10.3. The van der Waals surface area contributed by atoms with E-state index in [1.54, 1.807) is 17.0 Å². The third kappa shape index (κ3) is 8.16. The molecule has 6 nitrogen and oxygen atoms in total. The maximum absolute atomic E-state index is 13.3. The van der Waals surface area contributed by atoms with Gasteiger partial charge in [-0.3, -0.25) is 4.79 Å². The predicted molar refractivity (Wildman–Crippen MR) is 142 cm³/mol. The van der Waals surface area contributed by atoms with Crippen LogP contribution >= 0.6 is 57.4 Å². The minimum Gasteiger partial charge on any atom is -0.472 e. The summed E-state index contributed by atoms with van der Waals surface area (Å²) in [6.07, 6.45) is 2.48. The van der Waals surface area contributed by atoms with Crippen molar-refractivity contribution in [3.05, 3.63) is 63.6 Å². The predicted octanol–water partition coefficient (Wildman–Crippen LogP) is 6.64. The fourth-order valence-electron chi connectivity index (χ4n) is 3.73. The van der Waals surface area contributed by atoms with Gasteiger partial charge in [0.25, 0.3) is 0 Å². The van der Waals surface area contributed by atoms with E-state index in [-0.39, 0.29) is 30.8 Å². The van der Waals surface area contributed by atoms with Crippen LogP contribution in [0, 0.1) is 0 Å². The summed E-state index contributed by atoms with van der Waals surface area (Å²) in [5, 5.41) is 8.51. The van der Waals surface area contributed by atoms with Gasteiger partial charge in [-0.2, -0.15) is 0 Å². The molecule has 2 aromatic carbocycles. The Balaban J connectivity index is 0.00000385. The molecule has 11 heteroatoms. The molecule has 1 saturated heterocycles. The minimum atomic E-state index is -1.02. The second-order valence-electron chi connectivity index (χ2n) is 7.57. The number of nitrogens with one attached hydrogen (secondary N) is 1. The van der Waals surface area contributed by atoms with Gasteiger partial charge in [-0.05, 0) is 49.2 Å². The molecule has 1 amide bonds. The van der Waals surface area contributed by atoms with Gasteiger partial charge in [0, 0.05) is 35.4 Å². The van der Waals surface area contributed by atoms with Crippen molar-refractivity contribution in [3.8, 4) is 0 Å². The molecule has 1 heterocycles. The Kier molecular flexibility index (Phi) is 11.5. The van der Waals surface area contributed by atoms with Crippen LogP contribution < -0.4 is 4.72 Å². The lowest BCUT2D eigenvalue weighted by molar-refractivity contribution is -0.131. The second kappa shape index (κ2) is 13.6. The Morgan fingerprint density at radius 3 is 2.42 bits per heavy atom. The van der Waals surface area contributed by atoms with Crippen molar-refractivity contribution in [1.82, 2.24) is 9.80 Å². The molecule has 1 fully saturated rings. The number of anilines is 1. The Labute approximate surface area is 218 Å². The van der Waals surface area contributed by atoms with E-state index in [1.165, 1.54) is 12.8 Å². The van der Waals surface area contributed by atoms with Gasteiger partial charge in [0.05, 0.1) is 28.2 Å². The molecule has 180 valence electrons. The summed E-state index contributed by atoms with van der Waals surface area (Å²) in [4.78, 5) is 28.3. The van der Waals surface area contributed by atoms with Crippen molar-refractivity contribution in [1.29, 1.82) is 0 Å². The highest BCUT2D eigenvalue weighted by Gasteiger charge is 2.26. The molecule has 2 N–H and O–H groups in total. The molecule has 0 bridgehead atoms. The van der Waals surface area contributed by atoms with Crippen molar-refractivity contribution in [2.45, 2.75) is 25.3 Å². The third-order valence-corrected chi connectivity index (χ3v) is 7.61. The van der Waals surface area contributed by atoms with Crippen LogP contribution in [0.4, 0.5) is 10.5 Å². The number of carbonyl (C=O) groups excluding carboxylic acids is 1. The molecule has 0 saturated carbocycles. The quantitative estimate of drug-likeness (QED) is 0.268. The Bertz CT molecular complexity index is 947. The normalized spacial score (nSPS) is 14.4. The number of likely N-dealkylation sites (N-methyl/N-ethyl adjacent to an activating group) is 1. The monoisotopic (exact) mass is 549 g/mol. The zero-order valence-electron chi connectivity index (χ0n) is 18.0. The number of nitrogens with zero attached hydrogens (tertiary/aromatic N) is 2. The van der Waals surface area contributed by atoms with Crippen LogP contribution in [0.15, 0.2) is 42.5 Å². The highest BCUT2D eigenvalue weighted by Crippen LogP contribution is 2.34. The number of likely N-dealkylation sites (tertiary alicyclic amines) is 1. The number of amides is 1. The highest BCUT2D eigenvalue weighted by atomic mass is 35.5. The van der Waals surface area contributed by atoms with Gasteiger partial charge < -0.3 is 19.6 Å². The first kappa shape index (κ1) is 28.0. The first-order valence-corrected chi connectivity index (χ1v) is 13.1. The van der Waals surface area contributed by atoms with Crippen LogP contribution in [0.2, 0.25) is 10.0 Å². The molecule has 1 atom stereocenters. The van der Waals surface area contributed by atoms with E-state index in [1.807, 2.05) is 25.2 Å². The van der Waals surface area contributed by atoms with Gasteiger partial charge in [-0.25, -0.2) is 4.79 Å². The highest BCUT2D eigenvalue weighted by molar-refractivity contribution is 8.82. The zero-order chi connectivity index (χ0) is 23.1. The molecule has 0 aliphatic carbocycles. The summed E-state index contributed by atoms with van der Waals surface area (Å²) in [5.41, 5.74) is 2.31. The molecule has 0 spiro atoms. The van der Waals surface area contributed by atoms with Crippen LogP contribution in [0.1, 0.15) is 30.0 Å². The Morgan fingerprint density at radius 1 is 1.15 bits per heavy atom. The lowest BCUT2D eigenvalue weighted by atomic mass is 10.0. The van der Waals surface area contributed by atoms with E-state index >= 15 is 0 Å². The number of hydrogen-bond acceptors (Lipinski definition) is 6. The summed E-state index contributed by atoms with van der Waals surface area (Å²) in [6.45, 7) is 2.87. The van der Waals surface area contributed by atoms with Gasteiger partial charge in [0.2, 0.25) is 5.91 Å². The van der Waals surface area contributed by atoms with Crippen molar-refractivity contribution >= 4 is 74.3 Å². The topological polar surface area (TPSA) is 72.9 Å². The maximum atomic E-state index is 13.3. The summed E-state index contributed by atoms with van der Waals surface area (Å²) in [7, 11) is 3.40. The van der Waals surface area contributed by atoms with Gasteiger partial charge in [-0.1, -0.05) is 53.5 Å². The summed E-state index contributed by atoms with van der Waals surface area (Å²) in [5.74, 6) is -0.0598. The van der Waals surface area contributed by atoms with Gasteiger partial charge in [-0.15, -0.1) is 12.4 Å². The average Bonchev–Trinajstić information content (AvgIpc) is 3.28. The van der Waals surface area contributed by atoms with Crippen LogP contribution in [-0.4, -0.2) is 52.8 Å². The Hall–Kier alpha value is -1.29. The first-order chi connectivity index (χ1) is 15.3. The summed E-state index contributed by atoms with van der Waals surface area (Å²) >= 11 is 12.4. The van der Waals surface area contributed by atoms with Crippen molar-refractivity contribution in [2.24, 2.45) is 0 Å². The van der Waals surface area contributed by atoms with Crippen LogP contribution in [0.5, 0.6) is 0 Å². The number of halogens is 3. The number of carboxylic acid groups (broad SMARTS) is 1. The molecular formula is C22H26Cl3N3O3S2. The standard InChI is InChI=1S/C22H25Cl2N3O3S2.ClH/c1-26(20(14-27-9-5-6-10-27)15-7-3-2-4-8-15)21(28)12-16-11-17(23)18(24)13-19(16)25-32-31-22(29)30;/h2-4,7-8,11,13,20,25H,5-6,9-10,12,14H2,1H3,(H,29,30);1H/t20-;/m1./s1. The number of carbonyl (C=O) groups is 2. The third-order valence-electron chi connectivity index (χ3n) is 5.43. The van der Waals surface area contributed by atoms with E-state index in [9.17, 15) is 9.59 Å². The van der Waals surface area contributed by atoms with E-state index in [0.717, 1.165) is 36.2 Å². The average molecular weight is 551 g/mol. The fraction of sp³-hybridized carbons (Fsp3) is 0.364. The van der Waals surface area contributed by atoms with E-state index in [2.05, 4.69) is 21.8 Å². The van der Waals surface area contributed by atoms with Crippen molar-refractivity contribution in [2.75, 3.05) is 31.4 Å². The van der Waals surface area contributed by atoms with E-state index in [4.69, 9.17) is 28.3 Å². The van der Waals surface area contributed by atoms with E-state index < -0.39 is 5.30 Å². The molecule has 2 aromatic rings.